The Bertz CT molecular complexity index is 929. The lowest BCUT2D eigenvalue weighted by Crippen LogP contribution is -2.36. The van der Waals surface area contributed by atoms with Crippen LogP contribution in [-0.2, 0) is 14.3 Å². The quantitative estimate of drug-likeness (QED) is 0.505. The van der Waals surface area contributed by atoms with E-state index in [1.54, 1.807) is 26.4 Å². The summed E-state index contributed by atoms with van der Waals surface area (Å²) in [5, 5.41) is 11.0. The van der Waals surface area contributed by atoms with E-state index in [1.807, 2.05) is 11.9 Å². The molecule has 1 aliphatic rings. The molecule has 0 saturated carbocycles. The van der Waals surface area contributed by atoms with E-state index in [4.69, 9.17) is 29.8 Å². The van der Waals surface area contributed by atoms with Crippen LogP contribution in [0.4, 0.5) is 11.8 Å². The Morgan fingerprint density at radius 2 is 1.94 bits per heavy atom. The van der Waals surface area contributed by atoms with E-state index in [-0.39, 0.29) is 12.0 Å². The number of nitrogens with zero attached hydrogens (tertiary/aromatic N) is 3. The van der Waals surface area contributed by atoms with Crippen LogP contribution in [-0.4, -0.2) is 74.0 Å². The van der Waals surface area contributed by atoms with E-state index in [0.29, 0.717) is 53.9 Å². The number of carboxylic acids is 1. The van der Waals surface area contributed by atoms with E-state index in [2.05, 4.69) is 15.3 Å². The van der Waals surface area contributed by atoms with E-state index in [1.165, 1.54) is 0 Å². The molecule has 2 aromatic rings. The molecule has 1 aliphatic heterocycles. The van der Waals surface area contributed by atoms with Crippen molar-refractivity contribution in [2.75, 3.05) is 51.6 Å². The highest BCUT2D eigenvalue weighted by Gasteiger charge is 2.22. The van der Waals surface area contributed by atoms with Crippen LogP contribution in [0.15, 0.2) is 12.1 Å². The molecule has 1 saturated heterocycles. The second kappa shape index (κ2) is 11.9. The van der Waals surface area contributed by atoms with Crippen molar-refractivity contribution < 1.29 is 28.9 Å². The smallest absolute Gasteiger partial charge is 0.300 e. The molecule has 11 heteroatoms. The summed E-state index contributed by atoms with van der Waals surface area (Å²) < 4.78 is 16.0. The lowest BCUT2D eigenvalue weighted by molar-refractivity contribution is -0.134. The number of anilines is 2. The van der Waals surface area contributed by atoms with Crippen molar-refractivity contribution in [3.63, 3.8) is 0 Å². The monoisotopic (exact) mass is 449 g/mol. The SMILES string of the molecule is CC(=O)O.COc1cc2nc(N(C)CCCNC(=O)C3CCCO3)nc(N)c2cc1OC. The van der Waals surface area contributed by atoms with Gasteiger partial charge in [0.25, 0.3) is 5.97 Å². The molecular formula is C21H31N5O6. The van der Waals surface area contributed by atoms with Gasteiger partial charge in [0.1, 0.15) is 11.9 Å². The summed E-state index contributed by atoms with van der Waals surface area (Å²) >= 11 is 0. The fourth-order valence-electron chi connectivity index (χ4n) is 3.16. The van der Waals surface area contributed by atoms with Crippen LogP contribution in [0.3, 0.4) is 0 Å². The fraction of sp³-hybridized carbons (Fsp3) is 0.524. The minimum atomic E-state index is -0.833. The van der Waals surface area contributed by atoms with Gasteiger partial charge < -0.3 is 35.3 Å². The molecule has 11 nitrogen and oxygen atoms in total. The number of carbonyl (C=O) groups is 2. The van der Waals surface area contributed by atoms with Crippen LogP contribution < -0.4 is 25.4 Å². The van der Waals surface area contributed by atoms with Crippen LogP contribution in [0.25, 0.3) is 10.9 Å². The number of rotatable bonds is 8. The highest BCUT2D eigenvalue weighted by atomic mass is 16.5. The van der Waals surface area contributed by atoms with Crippen molar-refractivity contribution in [3.05, 3.63) is 12.1 Å². The predicted molar refractivity (Wildman–Crippen MR) is 120 cm³/mol. The maximum absolute atomic E-state index is 12.0. The van der Waals surface area contributed by atoms with Gasteiger partial charge in [0.05, 0.1) is 19.7 Å². The number of nitrogen functional groups attached to an aromatic ring is 1. The van der Waals surface area contributed by atoms with Gasteiger partial charge in [-0.1, -0.05) is 0 Å². The number of aromatic nitrogens is 2. The first-order valence-corrected chi connectivity index (χ1v) is 10.3. The molecule has 0 bridgehead atoms. The van der Waals surface area contributed by atoms with E-state index in [9.17, 15) is 4.79 Å². The van der Waals surface area contributed by atoms with E-state index in [0.717, 1.165) is 26.2 Å². The third kappa shape index (κ3) is 6.84. The number of nitrogens with two attached hydrogens (primary N) is 1. The number of carboxylic acid groups (broad SMARTS) is 1. The topological polar surface area (TPSA) is 149 Å². The summed E-state index contributed by atoms with van der Waals surface area (Å²) in [4.78, 5) is 31.8. The van der Waals surface area contributed by atoms with Gasteiger partial charge in [-0.05, 0) is 25.3 Å². The van der Waals surface area contributed by atoms with Crippen molar-refractivity contribution >= 4 is 34.5 Å². The van der Waals surface area contributed by atoms with Crippen LogP contribution in [0, 0.1) is 0 Å². The minimum absolute atomic E-state index is 0.0348. The van der Waals surface area contributed by atoms with Crippen molar-refractivity contribution in [2.45, 2.75) is 32.3 Å². The van der Waals surface area contributed by atoms with E-state index < -0.39 is 5.97 Å². The third-order valence-electron chi connectivity index (χ3n) is 4.75. The molecule has 0 aliphatic carbocycles. The Labute approximate surface area is 186 Å². The number of hydrogen-bond donors (Lipinski definition) is 3. The normalized spacial score (nSPS) is 14.9. The van der Waals surface area contributed by atoms with Gasteiger partial charge in [-0.15, -0.1) is 0 Å². The molecular weight excluding hydrogens is 418 g/mol. The van der Waals surface area contributed by atoms with Gasteiger partial charge >= 0.3 is 0 Å². The lowest BCUT2D eigenvalue weighted by Gasteiger charge is -2.19. The first-order chi connectivity index (χ1) is 15.3. The van der Waals surface area contributed by atoms with Gasteiger partial charge in [0.2, 0.25) is 11.9 Å². The molecule has 1 aromatic carbocycles. The number of carbonyl (C=O) groups excluding carboxylic acids is 1. The Kier molecular flexibility index (Phi) is 9.26. The molecule has 1 atom stereocenters. The Hall–Kier alpha value is -3.34. The number of fused-ring (bicyclic) bond motifs is 1. The highest BCUT2D eigenvalue weighted by molar-refractivity contribution is 5.91. The first-order valence-electron chi connectivity index (χ1n) is 10.3. The first kappa shape index (κ1) is 24.9. The second-order valence-corrected chi connectivity index (χ2v) is 7.22. The average Bonchev–Trinajstić information content (AvgIpc) is 3.30. The highest BCUT2D eigenvalue weighted by Crippen LogP contribution is 2.33. The van der Waals surface area contributed by atoms with Crippen molar-refractivity contribution in [3.8, 4) is 11.5 Å². The Balaban J connectivity index is 0.000000837. The largest absolute Gasteiger partial charge is 0.493 e. The Morgan fingerprint density at radius 3 is 2.53 bits per heavy atom. The third-order valence-corrected chi connectivity index (χ3v) is 4.75. The molecule has 2 heterocycles. The number of hydrogen-bond acceptors (Lipinski definition) is 9. The van der Waals surface area contributed by atoms with Crippen molar-refractivity contribution in [1.29, 1.82) is 0 Å². The summed E-state index contributed by atoms with van der Waals surface area (Å²) in [6.45, 7) is 2.99. The van der Waals surface area contributed by atoms with Gasteiger partial charge in [-0.3, -0.25) is 9.59 Å². The zero-order valence-corrected chi connectivity index (χ0v) is 18.9. The van der Waals surface area contributed by atoms with E-state index >= 15 is 0 Å². The maximum atomic E-state index is 12.0. The number of amides is 1. The van der Waals surface area contributed by atoms with Gasteiger partial charge in [-0.2, -0.15) is 4.98 Å². The average molecular weight is 450 g/mol. The second-order valence-electron chi connectivity index (χ2n) is 7.22. The minimum Gasteiger partial charge on any atom is -0.493 e. The summed E-state index contributed by atoms with van der Waals surface area (Å²) in [6, 6.07) is 3.55. The Morgan fingerprint density at radius 1 is 1.28 bits per heavy atom. The lowest BCUT2D eigenvalue weighted by atomic mass is 10.2. The molecule has 0 radical (unpaired) electrons. The predicted octanol–water partition coefficient (Wildman–Crippen LogP) is 1.44. The summed E-state index contributed by atoms with van der Waals surface area (Å²) in [7, 11) is 5.04. The number of ether oxygens (including phenoxy) is 3. The van der Waals surface area contributed by atoms with Crippen LogP contribution >= 0.6 is 0 Å². The molecule has 1 unspecified atom stereocenters. The fourth-order valence-corrected chi connectivity index (χ4v) is 3.16. The van der Waals surface area contributed by atoms with Crippen LogP contribution in [0.1, 0.15) is 26.2 Å². The number of benzene rings is 1. The summed E-state index contributed by atoms with van der Waals surface area (Å²) in [6.07, 6.45) is 2.19. The summed E-state index contributed by atoms with van der Waals surface area (Å²) in [5.74, 6) is 1.18. The zero-order valence-electron chi connectivity index (χ0n) is 18.9. The van der Waals surface area contributed by atoms with Gasteiger partial charge in [0.15, 0.2) is 11.5 Å². The molecule has 1 fully saturated rings. The molecule has 176 valence electrons. The number of aliphatic carboxylic acids is 1. The standard InChI is InChI=1S/C19H27N5O4.C2H4O2/c1-24(8-5-7-21-18(25)14-6-4-9-28-14)19-22-13-11-16(27-3)15(26-2)10-12(13)17(20)23-19;1-2(3)4/h10-11,14H,4-9H2,1-3H3,(H,21,25)(H2,20,22,23);1H3,(H,3,4). The molecule has 1 amide bonds. The van der Waals surface area contributed by atoms with Crippen molar-refractivity contribution in [2.24, 2.45) is 0 Å². The number of nitrogens with one attached hydrogen (secondary N) is 1. The van der Waals surface area contributed by atoms with Crippen LogP contribution in [0.2, 0.25) is 0 Å². The molecule has 4 N–H and O–H groups in total. The molecule has 0 spiro atoms. The molecule has 1 aromatic heterocycles. The van der Waals surface area contributed by atoms with Crippen LogP contribution in [0.5, 0.6) is 11.5 Å². The molecule has 32 heavy (non-hydrogen) atoms. The van der Waals surface area contributed by atoms with Gasteiger partial charge in [0, 0.05) is 45.1 Å². The summed E-state index contributed by atoms with van der Waals surface area (Å²) in [5.41, 5.74) is 6.81. The maximum Gasteiger partial charge on any atom is 0.300 e. The zero-order chi connectivity index (χ0) is 23.7. The van der Waals surface area contributed by atoms with Gasteiger partial charge in [-0.25, -0.2) is 4.98 Å². The van der Waals surface area contributed by atoms with Crippen molar-refractivity contribution in [1.82, 2.24) is 15.3 Å². The number of methoxy groups -OCH3 is 2. The molecule has 3 rings (SSSR count).